The van der Waals surface area contributed by atoms with E-state index in [1.807, 2.05) is 18.7 Å². The van der Waals surface area contributed by atoms with Crippen LogP contribution in [0.2, 0.25) is 0 Å². The largest absolute Gasteiger partial charge is 0.389 e. The van der Waals surface area contributed by atoms with E-state index in [0.29, 0.717) is 35.5 Å². The quantitative estimate of drug-likeness (QED) is 0.835. The molecule has 0 unspecified atom stereocenters. The fourth-order valence-electron chi connectivity index (χ4n) is 2.24. The Morgan fingerprint density at radius 1 is 1.53 bits per heavy atom. The molecule has 2 rings (SSSR count). The number of benzene rings is 1. The van der Waals surface area contributed by atoms with Crippen molar-refractivity contribution >= 4 is 38.8 Å². The Morgan fingerprint density at radius 3 is 2.79 bits per heavy atom. The number of nitrogens with zero attached hydrogens (tertiary/aromatic N) is 1. The monoisotopic (exact) mass is 346 g/mol. The van der Waals surface area contributed by atoms with Crippen LogP contribution in [-0.2, 0) is 4.74 Å². The highest BCUT2D eigenvalue weighted by Crippen LogP contribution is 2.34. The molecular weight excluding hydrogens is 331 g/mol. The third kappa shape index (κ3) is 2.75. The van der Waals surface area contributed by atoms with Crippen LogP contribution in [0, 0.1) is 5.82 Å². The minimum Gasteiger partial charge on any atom is -0.389 e. The van der Waals surface area contributed by atoms with Crippen LogP contribution >= 0.6 is 28.1 Å². The Morgan fingerprint density at radius 2 is 2.21 bits per heavy atom. The maximum atomic E-state index is 14.5. The Bertz CT molecular complexity index is 522. The van der Waals surface area contributed by atoms with Crippen molar-refractivity contribution < 1.29 is 9.13 Å². The molecule has 1 heterocycles. The Hall–Kier alpha value is -0.720. The zero-order chi connectivity index (χ0) is 14.2. The normalized spacial score (nSPS) is 18.4. The van der Waals surface area contributed by atoms with Crippen LogP contribution in [0.25, 0.3) is 0 Å². The molecular formula is C13H16BrFN2OS. The molecule has 0 atom stereocenters. The number of hydrogen-bond acceptors (Lipinski definition) is 3. The van der Waals surface area contributed by atoms with Gasteiger partial charge in [0.15, 0.2) is 5.82 Å². The molecule has 0 saturated carbocycles. The molecule has 1 fully saturated rings. The molecule has 1 aromatic carbocycles. The van der Waals surface area contributed by atoms with Gasteiger partial charge in [-0.15, -0.1) is 0 Å². The van der Waals surface area contributed by atoms with E-state index in [9.17, 15) is 4.39 Å². The summed E-state index contributed by atoms with van der Waals surface area (Å²) in [5.41, 5.74) is 6.38. The molecule has 0 aromatic heterocycles. The van der Waals surface area contributed by atoms with Crippen molar-refractivity contribution in [1.29, 1.82) is 0 Å². The standard InChI is InChI=1S/C13H16BrFN2OS/c1-13(2)7-18-6-5-17(13)9-4-3-8(12(16)19)10(14)11(9)15/h3-4H,5-7H2,1-2H3,(H2,16,19). The summed E-state index contributed by atoms with van der Waals surface area (Å²) >= 11 is 8.14. The van der Waals surface area contributed by atoms with E-state index in [0.717, 1.165) is 0 Å². The topological polar surface area (TPSA) is 38.5 Å². The molecule has 3 nitrogen and oxygen atoms in total. The Labute approximate surface area is 126 Å². The van der Waals surface area contributed by atoms with Crippen molar-refractivity contribution in [1.82, 2.24) is 0 Å². The van der Waals surface area contributed by atoms with Crippen LogP contribution < -0.4 is 10.6 Å². The fraction of sp³-hybridized carbons (Fsp3) is 0.462. The van der Waals surface area contributed by atoms with Crippen molar-refractivity contribution in [2.75, 3.05) is 24.7 Å². The lowest BCUT2D eigenvalue weighted by Gasteiger charge is -2.44. The average molecular weight is 347 g/mol. The van der Waals surface area contributed by atoms with Crippen LogP contribution in [0.1, 0.15) is 19.4 Å². The van der Waals surface area contributed by atoms with E-state index < -0.39 is 0 Å². The number of halogens is 2. The van der Waals surface area contributed by atoms with E-state index in [4.69, 9.17) is 22.7 Å². The SMILES string of the molecule is CC1(C)COCCN1c1ccc(C(N)=S)c(Br)c1F. The molecule has 0 radical (unpaired) electrons. The van der Waals surface area contributed by atoms with Crippen LogP contribution in [0.5, 0.6) is 0 Å². The van der Waals surface area contributed by atoms with Gasteiger partial charge in [0, 0.05) is 12.1 Å². The first-order chi connectivity index (χ1) is 8.84. The molecule has 2 N–H and O–H groups in total. The van der Waals surface area contributed by atoms with E-state index in [1.54, 1.807) is 12.1 Å². The first-order valence-corrected chi connectivity index (χ1v) is 7.18. The van der Waals surface area contributed by atoms with Gasteiger partial charge in [0.05, 0.1) is 28.9 Å². The summed E-state index contributed by atoms with van der Waals surface area (Å²) in [5, 5.41) is 0. The van der Waals surface area contributed by atoms with Crippen molar-refractivity contribution in [3.63, 3.8) is 0 Å². The minimum absolute atomic E-state index is 0.179. The molecule has 19 heavy (non-hydrogen) atoms. The van der Waals surface area contributed by atoms with Crippen LogP contribution in [0.4, 0.5) is 10.1 Å². The molecule has 0 amide bonds. The average Bonchev–Trinajstić information content (AvgIpc) is 2.32. The molecule has 1 aliphatic heterocycles. The first kappa shape index (κ1) is 14.7. The fourth-order valence-corrected chi connectivity index (χ4v) is 3.09. The summed E-state index contributed by atoms with van der Waals surface area (Å²) in [6.07, 6.45) is 0. The first-order valence-electron chi connectivity index (χ1n) is 5.98. The third-order valence-corrected chi connectivity index (χ3v) is 4.26. The van der Waals surface area contributed by atoms with Crippen molar-refractivity contribution in [2.24, 2.45) is 5.73 Å². The Balaban J connectivity index is 2.46. The summed E-state index contributed by atoms with van der Waals surface area (Å²) in [7, 11) is 0. The second-order valence-corrected chi connectivity index (χ2v) is 6.37. The smallest absolute Gasteiger partial charge is 0.161 e. The highest BCUT2D eigenvalue weighted by atomic mass is 79.9. The molecule has 1 saturated heterocycles. The minimum atomic E-state index is -0.333. The molecule has 1 aliphatic rings. The number of nitrogens with two attached hydrogens (primary N) is 1. The van der Waals surface area contributed by atoms with Gasteiger partial charge in [-0.05, 0) is 41.9 Å². The van der Waals surface area contributed by atoms with Gasteiger partial charge in [-0.3, -0.25) is 0 Å². The van der Waals surface area contributed by atoms with Gasteiger partial charge in [-0.25, -0.2) is 4.39 Å². The molecule has 0 spiro atoms. The van der Waals surface area contributed by atoms with Gasteiger partial charge in [0.1, 0.15) is 4.99 Å². The van der Waals surface area contributed by atoms with Crippen molar-refractivity contribution in [3.8, 4) is 0 Å². The van der Waals surface area contributed by atoms with Gasteiger partial charge in [0.2, 0.25) is 0 Å². The predicted octanol–water partition coefficient (Wildman–Crippen LogP) is 2.84. The van der Waals surface area contributed by atoms with Gasteiger partial charge in [-0.2, -0.15) is 0 Å². The number of thiocarbonyl (C=S) groups is 1. The second-order valence-electron chi connectivity index (χ2n) is 5.14. The maximum absolute atomic E-state index is 14.5. The number of morpholine rings is 1. The molecule has 1 aromatic rings. The molecule has 104 valence electrons. The van der Waals surface area contributed by atoms with Gasteiger partial charge in [-0.1, -0.05) is 12.2 Å². The predicted molar refractivity (Wildman–Crippen MR) is 82.2 cm³/mol. The number of ether oxygens (including phenoxy) is 1. The van der Waals surface area contributed by atoms with E-state index in [-0.39, 0.29) is 16.3 Å². The highest BCUT2D eigenvalue weighted by molar-refractivity contribution is 9.10. The van der Waals surface area contributed by atoms with E-state index in [1.165, 1.54) is 0 Å². The summed E-state index contributed by atoms with van der Waals surface area (Å²) in [6, 6.07) is 3.47. The summed E-state index contributed by atoms with van der Waals surface area (Å²) in [5.74, 6) is -0.333. The molecule has 6 heteroatoms. The van der Waals surface area contributed by atoms with E-state index in [2.05, 4.69) is 15.9 Å². The molecule has 0 bridgehead atoms. The van der Waals surface area contributed by atoms with E-state index >= 15 is 0 Å². The third-order valence-electron chi connectivity index (χ3n) is 3.26. The second kappa shape index (κ2) is 5.34. The van der Waals surface area contributed by atoms with Crippen molar-refractivity contribution in [2.45, 2.75) is 19.4 Å². The Kier molecular flexibility index (Phi) is 4.13. The summed E-state index contributed by atoms with van der Waals surface area (Å²) in [4.78, 5) is 2.19. The number of anilines is 1. The molecule has 0 aliphatic carbocycles. The summed E-state index contributed by atoms with van der Waals surface area (Å²) < 4.78 is 20.3. The van der Waals surface area contributed by atoms with Crippen LogP contribution in [0.15, 0.2) is 16.6 Å². The van der Waals surface area contributed by atoms with Crippen molar-refractivity contribution in [3.05, 3.63) is 28.0 Å². The number of rotatable bonds is 2. The highest BCUT2D eigenvalue weighted by Gasteiger charge is 2.33. The zero-order valence-corrected chi connectivity index (χ0v) is 13.3. The van der Waals surface area contributed by atoms with Gasteiger partial charge in [0.25, 0.3) is 0 Å². The zero-order valence-electron chi connectivity index (χ0n) is 10.9. The van der Waals surface area contributed by atoms with Gasteiger partial charge >= 0.3 is 0 Å². The van der Waals surface area contributed by atoms with Crippen LogP contribution in [0.3, 0.4) is 0 Å². The maximum Gasteiger partial charge on any atom is 0.161 e. The lowest BCUT2D eigenvalue weighted by molar-refractivity contribution is 0.0640. The number of hydrogen-bond donors (Lipinski definition) is 1. The van der Waals surface area contributed by atoms with Gasteiger partial charge < -0.3 is 15.4 Å². The van der Waals surface area contributed by atoms with Crippen LogP contribution in [-0.4, -0.2) is 30.3 Å². The summed E-state index contributed by atoms with van der Waals surface area (Å²) in [6.45, 7) is 5.88. The lowest BCUT2D eigenvalue weighted by Crippen LogP contribution is -2.53. The lowest BCUT2D eigenvalue weighted by atomic mass is 10.0.